The van der Waals surface area contributed by atoms with Crippen molar-refractivity contribution in [1.82, 2.24) is 0 Å². The molecule has 0 aliphatic rings. The monoisotopic (exact) mass is 409 g/mol. The zero-order chi connectivity index (χ0) is 20.6. The summed E-state index contributed by atoms with van der Waals surface area (Å²) in [5.41, 5.74) is 1.50. The van der Waals surface area contributed by atoms with Gasteiger partial charge in [-0.3, -0.25) is 4.79 Å². The highest BCUT2D eigenvalue weighted by Crippen LogP contribution is 2.36. The fraction of sp³-hybridized carbons (Fsp3) is 0.217. The summed E-state index contributed by atoms with van der Waals surface area (Å²) in [5, 5.41) is 3.28. The number of hydrogen-bond acceptors (Lipinski definition) is 5. The van der Waals surface area contributed by atoms with Gasteiger partial charge in [0.2, 0.25) is 0 Å². The Labute approximate surface area is 174 Å². The van der Waals surface area contributed by atoms with E-state index in [2.05, 4.69) is 12.2 Å². The first-order valence-corrected chi connectivity index (χ1v) is 10.2. The quantitative estimate of drug-likeness (QED) is 0.526. The molecule has 6 heteroatoms. The average molecular weight is 410 g/mol. The summed E-state index contributed by atoms with van der Waals surface area (Å²) >= 11 is 1.38. The Morgan fingerprint density at radius 1 is 1.03 bits per heavy atom. The molecule has 2 aromatic carbocycles. The van der Waals surface area contributed by atoms with Gasteiger partial charge in [-0.05, 0) is 30.7 Å². The third-order valence-electron chi connectivity index (χ3n) is 4.34. The Kier molecular flexibility index (Phi) is 7.03. The van der Waals surface area contributed by atoms with E-state index < -0.39 is 5.97 Å². The van der Waals surface area contributed by atoms with Gasteiger partial charge in [0.25, 0.3) is 5.91 Å². The number of carbonyl (C=O) groups excluding carboxylic acids is 2. The van der Waals surface area contributed by atoms with E-state index in [9.17, 15) is 9.59 Å². The van der Waals surface area contributed by atoms with Crippen LogP contribution in [0.25, 0.3) is 0 Å². The number of thiophene rings is 1. The van der Waals surface area contributed by atoms with Crippen molar-refractivity contribution in [2.24, 2.45) is 0 Å². The van der Waals surface area contributed by atoms with E-state index in [0.717, 1.165) is 10.4 Å². The van der Waals surface area contributed by atoms with Gasteiger partial charge in [0.15, 0.2) is 6.61 Å². The van der Waals surface area contributed by atoms with E-state index in [-0.39, 0.29) is 25.0 Å². The lowest BCUT2D eigenvalue weighted by Gasteiger charge is -2.09. The van der Waals surface area contributed by atoms with E-state index in [0.29, 0.717) is 16.3 Å². The largest absolute Gasteiger partial charge is 0.484 e. The number of carbonyl (C=O) groups is 2. The summed E-state index contributed by atoms with van der Waals surface area (Å²) in [7, 11) is 0. The number of rotatable bonds is 8. The molecular weight excluding hydrogens is 386 g/mol. The summed E-state index contributed by atoms with van der Waals surface area (Å²) in [6.45, 7) is 3.94. The number of ether oxygens (including phenoxy) is 2. The van der Waals surface area contributed by atoms with Gasteiger partial charge in [-0.2, -0.15) is 0 Å². The predicted molar refractivity (Wildman–Crippen MR) is 115 cm³/mol. The van der Waals surface area contributed by atoms with Crippen molar-refractivity contribution in [3.05, 3.63) is 82.7 Å². The molecule has 0 saturated carbocycles. The molecule has 5 nitrogen and oxygen atoms in total. The highest BCUT2D eigenvalue weighted by atomic mass is 32.1. The number of anilines is 1. The summed E-state index contributed by atoms with van der Waals surface area (Å²) in [4.78, 5) is 25.8. The van der Waals surface area contributed by atoms with E-state index in [4.69, 9.17) is 9.47 Å². The second-order valence-corrected chi connectivity index (χ2v) is 7.48. The van der Waals surface area contributed by atoms with Gasteiger partial charge in [-0.15, -0.1) is 11.3 Å². The number of para-hydroxylation sites is 1. The van der Waals surface area contributed by atoms with E-state index in [1.54, 1.807) is 25.1 Å². The summed E-state index contributed by atoms with van der Waals surface area (Å²) < 4.78 is 10.7. The lowest BCUT2D eigenvalue weighted by atomic mass is 9.99. The van der Waals surface area contributed by atoms with Crippen LogP contribution >= 0.6 is 11.3 Å². The molecule has 1 amide bonds. The highest BCUT2D eigenvalue weighted by Gasteiger charge is 2.22. The summed E-state index contributed by atoms with van der Waals surface area (Å²) in [6.07, 6.45) is 0. The first-order chi connectivity index (χ1) is 14.1. The minimum atomic E-state index is -0.450. The maximum atomic E-state index is 12.4. The minimum Gasteiger partial charge on any atom is -0.484 e. The molecule has 1 atom stereocenters. The normalized spacial score (nSPS) is 11.5. The number of nitrogens with one attached hydrogen (secondary N) is 1. The Morgan fingerprint density at radius 2 is 1.69 bits per heavy atom. The lowest BCUT2D eigenvalue weighted by Crippen LogP contribution is -2.21. The van der Waals surface area contributed by atoms with Gasteiger partial charge >= 0.3 is 5.97 Å². The molecule has 29 heavy (non-hydrogen) atoms. The number of benzene rings is 2. The lowest BCUT2D eigenvalue weighted by molar-refractivity contribution is -0.118. The molecule has 1 N–H and O–H groups in total. The maximum Gasteiger partial charge on any atom is 0.341 e. The van der Waals surface area contributed by atoms with Crippen LogP contribution in [-0.4, -0.2) is 25.1 Å². The van der Waals surface area contributed by atoms with Crippen molar-refractivity contribution < 1.29 is 19.1 Å². The van der Waals surface area contributed by atoms with E-state index in [1.807, 2.05) is 48.5 Å². The van der Waals surface area contributed by atoms with Crippen LogP contribution in [0.15, 0.2) is 66.7 Å². The van der Waals surface area contributed by atoms with Gasteiger partial charge < -0.3 is 14.8 Å². The average Bonchev–Trinajstić information content (AvgIpc) is 3.17. The van der Waals surface area contributed by atoms with Crippen molar-refractivity contribution >= 4 is 28.2 Å². The minimum absolute atomic E-state index is 0.0839. The molecule has 0 radical (unpaired) electrons. The van der Waals surface area contributed by atoms with Crippen molar-refractivity contribution in [2.45, 2.75) is 19.8 Å². The SMILES string of the molecule is CCOC(=O)c1cc([C@H](C)c2ccccc2)sc1NC(=O)COc1ccccc1. The molecule has 1 heterocycles. The zero-order valence-electron chi connectivity index (χ0n) is 16.4. The van der Waals surface area contributed by atoms with Crippen molar-refractivity contribution in [1.29, 1.82) is 0 Å². The predicted octanol–water partition coefficient (Wildman–Crippen LogP) is 5.09. The van der Waals surface area contributed by atoms with Crippen LogP contribution < -0.4 is 10.1 Å². The molecule has 0 spiro atoms. The molecule has 1 aromatic heterocycles. The topological polar surface area (TPSA) is 64.6 Å². The molecule has 0 bridgehead atoms. The smallest absolute Gasteiger partial charge is 0.341 e. The second-order valence-electron chi connectivity index (χ2n) is 6.39. The number of esters is 1. The second kappa shape index (κ2) is 9.89. The van der Waals surface area contributed by atoms with Gasteiger partial charge in [-0.1, -0.05) is 55.5 Å². The van der Waals surface area contributed by atoms with Crippen molar-refractivity contribution in [3.63, 3.8) is 0 Å². The van der Waals surface area contributed by atoms with Crippen LogP contribution in [-0.2, 0) is 9.53 Å². The van der Waals surface area contributed by atoms with Crippen LogP contribution in [0.2, 0.25) is 0 Å². The summed E-state index contributed by atoms with van der Waals surface area (Å²) in [6, 6.07) is 20.9. The molecule has 3 aromatic rings. The molecule has 0 aliphatic carbocycles. The molecule has 0 unspecified atom stereocenters. The van der Waals surface area contributed by atoms with Gasteiger partial charge in [0.1, 0.15) is 10.8 Å². The molecule has 0 aliphatic heterocycles. The van der Waals surface area contributed by atoms with Crippen LogP contribution in [0.1, 0.15) is 40.6 Å². The Morgan fingerprint density at radius 3 is 2.34 bits per heavy atom. The Bertz CT molecular complexity index is 954. The van der Waals surface area contributed by atoms with Crippen LogP contribution in [0, 0.1) is 0 Å². The van der Waals surface area contributed by atoms with E-state index in [1.165, 1.54) is 11.3 Å². The first-order valence-electron chi connectivity index (χ1n) is 9.42. The molecule has 0 fully saturated rings. The molecule has 0 saturated heterocycles. The van der Waals surface area contributed by atoms with Crippen LogP contribution in [0.4, 0.5) is 5.00 Å². The van der Waals surface area contributed by atoms with Gasteiger partial charge in [-0.25, -0.2) is 4.79 Å². The third kappa shape index (κ3) is 5.45. The van der Waals surface area contributed by atoms with Crippen molar-refractivity contribution in [3.8, 4) is 5.75 Å². The fourth-order valence-corrected chi connectivity index (χ4v) is 3.95. The molecule has 150 valence electrons. The molecule has 3 rings (SSSR count). The Hall–Kier alpha value is -3.12. The maximum absolute atomic E-state index is 12.4. The standard InChI is InChI=1S/C23H23NO4S/c1-3-27-23(26)19-14-20(16(2)17-10-6-4-7-11-17)29-22(19)24-21(25)15-28-18-12-8-5-9-13-18/h4-14,16H,3,15H2,1-2H3,(H,24,25)/t16-/m1/s1. The Balaban J connectivity index is 1.77. The van der Waals surface area contributed by atoms with E-state index >= 15 is 0 Å². The van der Waals surface area contributed by atoms with Crippen LogP contribution in [0.3, 0.4) is 0 Å². The van der Waals surface area contributed by atoms with Crippen LogP contribution in [0.5, 0.6) is 5.75 Å². The van der Waals surface area contributed by atoms with Gasteiger partial charge in [0.05, 0.1) is 12.2 Å². The molecular formula is C23H23NO4S. The third-order valence-corrected chi connectivity index (χ3v) is 5.57. The number of amides is 1. The number of hydrogen-bond donors (Lipinski definition) is 1. The highest BCUT2D eigenvalue weighted by molar-refractivity contribution is 7.16. The fourth-order valence-electron chi connectivity index (χ4n) is 2.81. The first kappa shape index (κ1) is 20.6. The van der Waals surface area contributed by atoms with Crippen molar-refractivity contribution in [2.75, 3.05) is 18.5 Å². The summed E-state index contributed by atoms with van der Waals surface area (Å²) in [5.74, 6) is -0.0897. The van der Waals surface area contributed by atoms with Gasteiger partial charge in [0, 0.05) is 10.8 Å². The zero-order valence-corrected chi connectivity index (χ0v) is 17.2.